The summed E-state index contributed by atoms with van der Waals surface area (Å²) in [6.45, 7) is 1.94. The molecule has 0 spiro atoms. The summed E-state index contributed by atoms with van der Waals surface area (Å²) in [7, 11) is 3.51. The average molecular weight is 384 g/mol. The van der Waals surface area contributed by atoms with E-state index in [0.29, 0.717) is 10.0 Å². The van der Waals surface area contributed by atoms with Crippen LogP contribution in [0.25, 0.3) is 21.5 Å². The van der Waals surface area contributed by atoms with E-state index in [4.69, 9.17) is 4.74 Å². The molecule has 26 heavy (non-hydrogen) atoms. The van der Waals surface area contributed by atoms with Crippen molar-refractivity contribution < 1.29 is 9.53 Å². The van der Waals surface area contributed by atoms with Gasteiger partial charge in [-0.2, -0.15) is 5.10 Å². The van der Waals surface area contributed by atoms with Gasteiger partial charge in [0.1, 0.15) is 10.6 Å². The van der Waals surface area contributed by atoms with Crippen molar-refractivity contribution in [1.29, 1.82) is 0 Å². The molecule has 1 amide bonds. The molecule has 4 aromatic rings. The molecule has 3 aromatic heterocycles. The summed E-state index contributed by atoms with van der Waals surface area (Å²) in [4.78, 5) is 18.7. The first-order valence-electron chi connectivity index (χ1n) is 7.90. The third kappa shape index (κ3) is 2.87. The minimum atomic E-state index is -0.161. The van der Waals surface area contributed by atoms with Crippen molar-refractivity contribution in [2.45, 2.75) is 6.92 Å². The number of nitrogens with zero attached hydrogens (tertiary/aromatic N) is 3. The van der Waals surface area contributed by atoms with Crippen LogP contribution in [-0.4, -0.2) is 27.8 Å². The van der Waals surface area contributed by atoms with E-state index in [9.17, 15) is 4.79 Å². The number of anilines is 1. The molecule has 0 bridgehead atoms. The first kappa shape index (κ1) is 16.7. The lowest BCUT2D eigenvalue weighted by Crippen LogP contribution is -2.09. The van der Waals surface area contributed by atoms with Gasteiger partial charge in [-0.05, 0) is 25.1 Å². The Bertz CT molecular complexity index is 1080. The van der Waals surface area contributed by atoms with Crippen molar-refractivity contribution in [3.8, 4) is 17.0 Å². The van der Waals surface area contributed by atoms with Crippen molar-refractivity contribution in [2.24, 2.45) is 7.05 Å². The topological polar surface area (TPSA) is 69.0 Å². The van der Waals surface area contributed by atoms with E-state index in [1.165, 1.54) is 22.7 Å². The molecule has 132 valence electrons. The van der Waals surface area contributed by atoms with Gasteiger partial charge < -0.3 is 4.74 Å². The standard InChI is InChI=1S/C18H16N4O2S2/c1-10-12-8-15(26-17(12)22(2)21-10)16(23)20-18-19-13(9-25-18)11-6-4-5-7-14(11)24-3/h4-9H,1-3H3,(H,19,20,23). The Labute approximate surface area is 158 Å². The molecule has 0 saturated heterocycles. The molecule has 1 aromatic carbocycles. The number of hydrogen-bond donors (Lipinski definition) is 1. The lowest BCUT2D eigenvalue weighted by atomic mass is 10.1. The zero-order valence-corrected chi connectivity index (χ0v) is 16.1. The number of benzene rings is 1. The van der Waals surface area contributed by atoms with E-state index in [1.54, 1.807) is 11.8 Å². The first-order chi connectivity index (χ1) is 12.6. The largest absolute Gasteiger partial charge is 0.496 e. The normalized spacial score (nSPS) is 11.0. The van der Waals surface area contributed by atoms with Gasteiger partial charge in [0.15, 0.2) is 5.13 Å². The predicted octanol–water partition coefficient (Wildman–Crippen LogP) is 4.33. The molecule has 8 heteroatoms. The van der Waals surface area contributed by atoms with Gasteiger partial charge in [-0.15, -0.1) is 22.7 Å². The number of hydrogen-bond acceptors (Lipinski definition) is 6. The van der Waals surface area contributed by atoms with Gasteiger partial charge in [-0.25, -0.2) is 4.98 Å². The number of rotatable bonds is 4. The number of nitrogens with one attached hydrogen (secondary N) is 1. The van der Waals surface area contributed by atoms with Crippen LogP contribution in [0.1, 0.15) is 15.4 Å². The first-order valence-corrected chi connectivity index (χ1v) is 9.60. The molecule has 1 N–H and O–H groups in total. The predicted molar refractivity (Wildman–Crippen MR) is 105 cm³/mol. The summed E-state index contributed by atoms with van der Waals surface area (Å²) in [6, 6.07) is 9.56. The number of aromatic nitrogens is 3. The minimum absolute atomic E-state index is 0.161. The number of fused-ring (bicyclic) bond motifs is 1. The smallest absolute Gasteiger partial charge is 0.267 e. The number of thiazole rings is 1. The van der Waals surface area contributed by atoms with Gasteiger partial charge >= 0.3 is 0 Å². The highest BCUT2D eigenvalue weighted by Crippen LogP contribution is 2.33. The Morgan fingerprint density at radius 3 is 2.88 bits per heavy atom. The van der Waals surface area contributed by atoms with Crippen LogP contribution in [0.5, 0.6) is 5.75 Å². The van der Waals surface area contributed by atoms with Crippen LogP contribution in [0, 0.1) is 6.92 Å². The molecule has 6 nitrogen and oxygen atoms in total. The Kier molecular flexibility index (Phi) is 4.21. The van der Waals surface area contributed by atoms with Crippen LogP contribution in [0.2, 0.25) is 0 Å². The zero-order valence-electron chi connectivity index (χ0n) is 14.4. The lowest BCUT2D eigenvalue weighted by Gasteiger charge is -2.04. The van der Waals surface area contributed by atoms with Gasteiger partial charge in [0.25, 0.3) is 5.91 Å². The van der Waals surface area contributed by atoms with Gasteiger partial charge in [0.2, 0.25) is 0 Å². The maximum Gasteiger partial charge on any atom is 0.267 e. The van der Waals surface area contributed by atoms with E-state index >= 15 is 0 Å². The molecule has 0 unspecified atom stereocenters. The summed E-state index contributed by atoms with van der Waals surface area (Å²) < 4.78 is 7.18. The second-order valence-electron chi connectivity index (χ2n) is 5.73. The van der Waals surface area contributed by atoms with Crippen molar-refractivity contribution in [3.63, 3.8) is 0 Å². The summed E-state index contributed by atoms with van der Waals surface area (Å²) in [6.07, 6.45) is 0. The molecule has 4 rings (SSSR count). The Morgan fingerprint density at radius 1 is 1.31 bits per heavy atom. The fraction of sp³-hybridized carbons (Fsp3) is 0.167. The van der Waals surface area contributed by atoms with Crippen LogP contribution in [0.4, 0.5) is 5.13 Å². The lowest BCUT2D eigenvalue weighted by molar-refractivity contribution is 0.103. The number of ether oxygens (including phenoxy) is 1. The van der Waals surface area contributed by atoms with Crippen molar-refractivity contribution >= 4 is 43.9 Å². The molecule has 0 aliphatic heterocycles. The number of aryl methyl sites for hydroxylation is 2. The third-order valence-electron chi connectivity index (χ3n) is 4.03. The van der Waals surface area contributed by atoms with E-state index in [-0.39, 0.29) is 5.91 Å². The quantitative estimate of drug-likeness (QED) is 0.569. The second-order valence-corrected chi connectivity index (χ2v) is 7.62. The van der Waals surface area contributed by atoms with Crippen LogP contribution < -0.4 is 10.1 Å². The number of para-hydroxylation sites is 1. The number of amides is 1. The summed E-state index contributed by atoms with van der Waals surface area (Å²) in [5, 5.41) is 10.7. The Balaban J connectivity index is 1.58. The van der Waals surface area contributed by atoms with Gasteiger partial charge in [-0.3, -0.25) is 14.8 Å². The SMILES string of the molecule is COc1ccccc1-c1csc(NC(=O)c2cc3c(C)nn(C)c3s2)n1. The zero-order chi connectivity index (χ0) is 18.3. The fourth-order valence-corrected chi connectivity index (χ4v) is 4.51. The average Bonchev–Trinajstić information content (AvgIpc) is 3.33. The minimum Gasteiger partial charge on any atom is -0.496 e. The summed E-state index contributed by atoms with van der Waals surface area (Å²) in [5.41, 5.74) is 2.60. The molecular formula is C18H16N4O2S2. The van der Waals surface area contributed by atoms with Crippen LogP contribution in [0.15, 0.2) is 35.7 Å². The van der Waals surface area contributed by atoms with Crippen LogP contribution >= 0.6 is 22.7 Å². The van der Waals surface area contributed by atoms with Gasteiger partial charge in [-0.1, -0.05) is 12.1 Å². The molecule has 0 fully saturated rings. The van der Waals surface area contributed by atoms with Gasteiger partial charge in [0.05, 0.1) is 23.4 Å². The number of carbonyl (C=O) groups excluding carboxylic acids is 1. The highest BCUT2D eigenvalue weighted by molar-refractivity contribution is 7.20. The van der Waals surface area contributed by atoms with Crippen molar-refractivity contribution in [2.75, 3.05) is 12.4 Å². The number of carbonyl (C=O) groups is 1. The van der Waals surface area contributed by atoms with E-state index < -0.39 is 0 Å². The van der Waals surface area contributed by atoms with E-state index in [1.807, 2.05) is 49.7 Å². The summed E-state index contributed by atoms with van der Waals surface area (Å²) >= 11 is 2.82. The van der Waals surface area contributed by atoms with Crippen LogP contribution in [0.3, 0.4) is 0 Å². The van der Waals surface area contributed by atoms with E-state index in [2.05, 4.69) is 15.4 Å². The molecule has 0 saturated carbocycles. The van der Waals surface area contributed by atoms with Crippen molar-refractivity contribution in [3.05, 3.63) is 46.3 Å². The molecule has 0 atom stereocenters. The number of methoxy groups -OCH3 is 1. The molecule has 0 aliphatic rings. The maximum absolute atomic E-state index is 12.6. The highest BCUT2D eigenvalue weighted by atomic mass is 32.1. The molecule has 0 aliphatic carbocycles. The third-order valence-corrected chi connectivity index (χ3v) is 5.99. The second kappa shape index (κ2) is 6.54. The Hall–Kier alpha value is -2.71. The highest BCUT2D eigenvalue weighted by Gasteiger charge is 2.17. The van der Waals surface area contributed by atoms with Gasteiger partial charge in [0, 0.05) is 23.4 Å². The van der Waals surface area contributed by atoms with Crippen molar-refractivity contribution in [1.82, 2.24) is 14.8 Å². The molecule has 3 heterocycles. The molecular weight excluding hydrogens is 368 g/mol. The maximum atomic E-state index is 12.6. The fourth-order valence-electron chi connectivity index (χ4n) is 2.79. The monoisotopic (exact) mass is 384 g/mol. The van der Waals surface area contributed by atoms with Crippen LogP contribution in [-0.2, 0) is 7.05 Å². The van der Waals surface area contributed by atoms with E-state index in [0.717, 1.165) is 32.9 Å². The Morgan fingerprint density at radius 2 is 2.12 bits per heavy atom. The molecule has 0 radical (unpaired) electrons. The summed E-state index contributed by atoms with van der Waals surface area (Å²) in [5.74, 6) is 0.592. The number of thiophene rings is 1.